The highest BCUT2D eigenvalue weighted by molar-refractivity contribution is 6.26. The summed E-state index contributed by atoms with van der Waals surface area (Å²) in [6.07, 6.45) is -0.265. The van der Waals surface area contributed by atoms with E-state index in [9.17, 15) is 13.2 Å². The lowest BCUT2D eigenvalue weighted by molar-refractivity contribution is -0.164. The zero-order valence-electron chi connectivity index (χ0n) is 11.1. The lowest BCUT2D eigenvalue weighted by Crippen LogP contribution is -2.50. The van der Waals surface area contributed by atoms with E-state index in [1.807, 2.05) is 0 Å². The van der Waals surface area contributed by atoms with E-state index < -0.39 is 17.2 Å². The van der Waals surface area contributed by atoms with Crippen LogP contribution >= 0.6 is 11.6 Å². The number of allylic oxidation sites excluding steroid dienone is 2. The third-order valence-corrected chi connectivity index (χ3v) is 3.76. The molecule has 21 heavy (non-hydrogen) atoms. The van der Waals surface area contributed by atoms with Crippen molar-refractivity contribution in [2.24, 2.45) is 5.73 Å². The quantitative estimate of drug-likeness (QED) is 0.861. The van der Waals surface area contributed by atoms with Crippen molar-refractivity contribution in [2.75, 3.05) is 6.54 Å². The van der Waals surface area contributed by atoms with Gasteiger partial charge in [-0.25, -0.2) is 0 Å². The van der Waals surface area contributed by atoms with Crippen molar-refractivity contribution in [1.82, 2.24) is 0 Å². The molecule has 1 aliphatic carbocycles. The van der Waals surface area contributed by atoms with E-state index in [1.165, 1.54) is 18.2 Å². The predicted octanol–water partition coefficient (Wildman–Crippen LogP) is 3.60. The maximum absolute atomic E-state index is 13.1. The molecule has 1 aromatic carbocycles. The molecule has 2 rings (SSSR count). The van der Waals surface area contributed by atoms with Gasteiger partial charge in [-0.3, -0.25) is 0 Å². The van der Waals surface area contributed by atoms with E-state index in [0.29, 0.717) is 18.7 Å². The minimum Gasteiger partial charge on any atom is -0.484 e. The second-order valence-electron chi connectivity index (χ2n) is 4.73. The van der Waals surface area contributed by atoms with Crippen LogP contribution in [0.5, 0.6) is 5.75 Å². The largest absolute Gasteiger partial charge is 0.484 e. The molecule has 0 aliphatic heterocycles. The number of alkyl halides is 4. The number of hydrogen-bond donors (Lipinski definition) is 1. The average molecular weight is 318 g/mol. The Kier molecular flexibility index (Phi) is 4.64. The molecule has 0 radical (unpaired) electrons. The zero-order chi connectivity index (χ0) is 15.5. The average Bonchev–Trinajstić information content (AvgIpc) is 2.43. The molecule has 0 fully saturated rings. The third-order valence-electron chi connectivity index (χ3n) is 3.20. The van der Waals surface area contributed by atoms with Crippen LogP contribution in [0, 0.1) is 0 Å². The predicted molar refractivity (Wildman–Crippen MR) is 76.5 cm³/mol. The summed E-state index contributed by atoms with van der Waals surface area (Å²) in [5, 5.41) is 0. The molecule has 6 heteroatoms. The molecule has 0 spiro atoms. The van der Waals surface area contributed by atoms with Gasteiger partial charge in [0.05, 0.1) is 0 Å². The van der Waals surface area contributed by atoms with Gasteiger partial charge in [0.15, 0.2) is 4.87 Å². The van der Waals surface area contributed by atoms with Crippen molar-refractivity contribution in [2.45, 2.75) is 23.6 Å². The summed E-state index contributed by atoms with van der Waals surface area (Å²) in [4.78, 5) is -2.56. The molecule has 0 bridgehead atoms. The van der Waals surface area contributed by atoms with Gasteiger partial charge in [-0.2, -0.15) is 13.2 Å². The normalized spacial score (nSPS) is 25.1. The number of ether oxygens (including phenoxy) is 1. The van der Waals surface area contributed by atoms with Gasteiger partial charge in [0.25, 0.3) is 0 Å². The highest BCUT2D eigenvalue weighted by Gasteiger charge is 2.58. The van der Waals surface area contributed by atoms with Gasteiger partial charge < -0.3 is 10.5 Å². The maximum Gasteiger partial charge on any atom is 0.415 e. The van der Waals surface area contributed by atoms with Crippen molar-refractivity contribution in [3.8, 4) is 5.75 Å². The summed E-state index contributed by atoms with van der Waals surface area (Å²) >= 11 is 5.74. The number of halogens is 4. The monoisotopic (exact) mass is 317 g/mol. The molecule has 1 aliphatic rings. The summed E-state index contributed by atoms with van der Waals surface area (Å²) in [5.41, 5.74) is 6.44. The molecule has 114 valence electrons. The number of rotatable bonds is 4. The molecule has 1 aromatic rings. The van der Waals surface area contributed by atoms with Gasteiger partial charge in [0.2, 0.25) is 0 Å². The van der Waals surface area contributed by atoms with Crippen LogP contribution in [0.3, 0.4) is 0 Å². The summed E-state index contributed by atoms with van der Waals surface area (Å²) in [6.45, 7) is 0.509. The first-order valence-corrected chi connectivity index (χ1v) is 6.82. The summed E-state index contributed by atoms with van der Waals surface area (Å²) in [5.74, 6) is 0.329. The standard InChI is InChI=1S/C15H15ClF3NO/c16-14(15(17,18)19)9-2-1-3-13(14)21-12-6-4-11(5-7-12)8-10-20/h1-7,9,13H,8,10,20H2. The van der Waals surface area contributed by atoms with Crippen molar-refractivity contribution >= 4 is 11.6 Å². The van der Waals surface area contributed by atoms with E-state index in [2.05, 4.69) is 0 Å². The minimum absolute atomic E-state index is 0.329. The van der Waals surface area contributed by atoms with Gasteiger partial charge >= 0.3 is 6.18 Å². The van der Waals surface area contributed by atoms with Crippen LogP contribution in [0.2, 0.25) is 0 Å². The summed E-state index contributed by atoms with van der Waals surface area (Å²) < 4.78 is 44.8. The Morgan fingerprint density at radius 1 is 1.19 bits per heavy atom. The smallest absolute Gasteiger partial charge is 0.415 e. The summed E-state index contributed by atoms with van der Waals surface area (Å²) in [7, 11) is 0. The van der Waals surface area contributed by atoms with Crippen molar-refractivity contribution in [3.63, 3.8) is 0 Å². The van der Waals surface area contributed by atoms with Gasteiger partial charge in [-0.1, -0.05) is 30.4 Å². The van der Waals surface area contributed by atoms with Crippen LogP contribution in [0.25, 0.3) is 0 Å². The molecular formula is C15H15ClF3NO. The highest BCUT2D eigenvalue weighted by Crippen LogP contribution is 2.43. The Morgan fingerprint density at radius 3 is 2.43 bits per heavy atom. The van der Waals surface area contributed by atoms with Crippen LogP contribution in [0.1, 0.15) is 5.56 Å². The fraction of sp³-hybridized carbons (Fsp3) is 0.333. The Balaban J connectivity index is 2.17. The molecule has 2 unspecified atom stereocenters. The Labute approximate surface area is 126 Å². The second kappa shape index (κ2) is 6.12. The van der Waals surface area contributed by atoms with Crippen LogP contribution in [-0.4, -0.2) is 23.7 Å². The second-order valence-corrected chi connectivity index (χ2v) is 5.36. The highest BCUT2D eigenvalue weighted by atomic mass is 35.5. The SMILES string of the molecule is NCCc1ccc(OC2C=CC=CC2(Cl)C(F)(F)F)cc1. The van der Waals surface area contributed by atoms with Gasteiger partial charge in [-0.05, 0) is 36.7 Å². The van der Waals surface area contributed by atoms with Crippen LogP contribution in [0.15, 0.2) is 48.6 Å². The maximum atomic E-state index is 13.1. The first-order chi connectivity index (χ1) is 9.87. The van der Waals surface area contributed by atoms with Gasteiger partial charge in [0, 0.05) is 0 Å². The number of benzene rings is 1. The molecule has 2 atom stereocenters. The number of nitrogens with two attached hydrogens (primary N) is 1. The first kappa shape index (κ1) is 15.9. The molecule has 0 aromatic heterocycles. The molecule has 0 saturated carbocycles. The van der Waals surface area contributed by atoms with Gasteiger partial charge in [0.1, 0.15) is 11.9 Å². The number of hydrogen-bond acceptors (Lipinski definition) is 2. The molecule has 2 N–H and O–H groups in total. The Hall–Kier alpha value is -1.46. The first-order valence-electron chi connectivity index (χ1n) is 6.44. The lowest BCUT2D eigenvalue weighted by atomic mass is 9.95. The fourth-order valence-corrected chi connectivity index (χ4v) is 2.21. The van der Waals surface area contributed by atoms with E-state index in [0.717, 1.165) is 11.6 Å². The van der Waals surface area contributed by atoms with Crippen molar-refractivity contribution in [3.05, 3.63) is 54.1 Å². The Bertz CT molecular complexity index is 539. The van der Waals surface area contributed by atoms with Gasteiger partial charge in [-0.15, -0.1) is 11.6 Å². The third kappa shape index (κ3) is 3.41. The van der Waals surface area contributed by atoms with E-state index in [1.54, 1.807) is 24.3 Å². The van der Waals surface area contributed by atoms with E-state index in [4.69, 9.17) is 22.1 Å². The molecule has 0 saturated heterocycles. The minimum atomic E-state index is -4.61. The summed E-state index contributed by atoms with van der Waals surface area (Å²) in [6, 6.07) is 6.78. The van der Waals surface area contributed by atoms with Crippen molar-refractivity contribution < 1.29 is 17.9 Å². The topological polar surface area (TPSA) is 35.2 Å². The molecule has 0 heterocycles. The van der Waals surface area contributed by atoms with E-state index in [-0.39, 0.29) is 0 Å². The fourth-order valence-electron chi connectivity index (χ4n) is 2.02. The Morgan fingerprint density at radius 2 is 1.86 bits per heavy atom. The van der Waals surface area contributed by atoms with Crippen molar-refractivity contribution in [1.29, 1.82) is 0 Å². The molecule has 0 amide bonds. The molecule has 2 nitrogen and oxygen atoms in total. The van der Waals surface area contributed by atoms with E-state index >= 15 is 0 Å². The van der Waals surface area contributed by atoms with Crippen LogP contribution < -0.4 is 10.5 Å². The lowest BCUT2D eigenvalue weighted by Gasteiger charge is -2.34. The molecular weight excluding hydrogens is 303 g/mol. The van der Waals surface area contributed by atoms with Crippen LogP contribution in [0.4, 0.5) is 13.2 Å². The van der Waals surface area contributed by atoms with Crippen LogP contribution in [-0.2, 0) is 6.42 Å². The zero-order valence-corrected chi connectivity index (χ0v) is 11.9.